The zero-order valence-corrected chi connectivity index (χ0v) is 15.2. The van der Waals surface area contributed by atoms with Crippen molar-refractivity contribution in [2.45, 2.75) is 25.3 Å². The predicted octanol–water partition coefficient (Wildman–Crippen LogP) is 1.69. The van der Waals surface area contributed by atoms with Gasteiger partial charge in [0.15, 0.2) is 0 Å². The molecule has 5 rings (SSSR count). The summed E-state index contributed by atoms with van der Waals surface area (Å²) in [6, 6.07) is 5.54. The van der Waals surface area contributed by atoms with Crippen LogP contribution in [0.25, 0.3) is 0 Å². The number of fused-ring (bicyclic) bond motifs is 5. The average molecular weight is 380 g/mol. The molecule has 2 bridgehead atoms. The Morgan fingerprint density at radius 2 is 1.57 bits per heavy atom. The van der Waals surface area contributed by atoms with Crippen molar-refractivity contribution >= 4 is 29.4 Å². The fourth-order valence-corrected chi connectivity index (χ4v) is 5.34. The maximum Gasteiger partial charge on any atom is 0.326 e. The first-order valence-electron chi connectivity index (χ1n) is 9.67. The van der Waals surface area contributed by atoms with Gasteiger partial charge in [0.25, 0.3) is 5.91 Å². The molecule has 7 heteroatoms. The van der Waals surface area contributed by atoms with Gasteiger partial charge in [0.1, 0.15) is 6.04 Å². The number of carboxylic acids is 1. The van der Waals surface area contributed by atoms with E-state index in [2.05, 4.69) is 12.2 Å². The summed E-state index contributed by atoms with van der Waals surface area (Å²) in [6.45, 7) is 0.416. The van der Waals surface area contributed by atoms with E-state index in [1.165, 1.54) is 9.80 Å². The Labute approximate surface area is 161 Å². The Morgan fingerprint density at radius 3 is 2.14 bits per heavy atom. The quantitative estimate of drug-likeness (QED) is 0.636. The lowest BCUT2D eigenvalue weighted by molar-refractivity contribution is -0.141. The molecule has 0 unspecified atom stereocenters. The van der Waals surface area contributed by atoms with E-state index in [1.54, 1.807) is 24.3 Å². The van der Waals surface area contributed by atoms with Gasteiger partial charge in [-0.1, -0.05) is 12.2 Å². The van der Waals surface area contributed by atoms with Crippen LogP contribution in [0, 0.1) is 23.7 Å². The molecule has 3 fully saturated rings. The average Bonchev–Trinajstić information content (AvgIpc) is 3.45. The summed E-state index contributed by atoms with van der Waals surface area (Å²) < 4.78 is 0. The predicted molar refractivity (Wildman–Crippen MR) is 98.3 cm³/mol. The van der Waals surface area contributed by atoms with Crippen molar-refractivity contribution < 1.29 is 24.3 Å². The van der Waals surface area contributed by atoms with Gasteiger partial charge in [0.2, 0.25) is 11.8 Å². The highest BCUT2D eigenvalue weighted by Crippen LogP contribution is 2.53. The number of carboxylic acid groups (broad SMARTS) is 1. The van der Waals surface area contributed by atoms with Crippen molar-refractivity contribution in [3.8, 4) is 0 Å². The Hall–Kier alpha value is -2.96. The monoisotopic (exact) mass is 380 g/mol. The van der Waals surface area contributed by atoms with Crippen molar-refractivity contribution in [1.29, 1.82) is 0 Å². The molecule has 7 nitrogen and oxygen atoms in total. The molecule has 0 radical (unpaired) electrons. The highest BCUT2D eigenvalue weighted by Gasteiger charge is 2.59. The second-order valence-electron chi connectivity index (χ2n) is 8.05. The molecule has 1 saturated carbocycles. The van der Waals surface area contributed by atoms with Crippen LogP contribution in [0.15, 0.2) is 36.4 Å². The molecule has 2 aliphatic carbocycles. The smallest absolute Gasteiger partial charge is 0.326 e. The molecule has 0 spiro atoms. The van der Waals surface area contributed by atoms with Crippen LogP contribution in [0.5, 0.6) is 0 Å². The Morgan fingerprint density at radius 1 is 0.964 bits per heavy atom. The maximum atomic E-state index is 12.9. The van der Waals surface area contributed by atoms with Gasteiger partial charge in [-0.25, -0.2) is 4.79 Å². The number of imide groups is 1. The van der Waals surface area contributed by atoms with Gasteiger partial charge in [-0.15, -0.1) is 0 Å². The topological polar surface area (TPSA) is 95.0 Å². The zero-order chi connectivity index (χ0) is 19.6. The van der Waals surface area contributed by atoms with Gasteiger partial charge < -0.3 is 10.0 Å². The second kappa shape index (κ2) is 6.02. The lowest BCUT2D eigenvalue weighted by Gasteiger charge is -2.22. The van der Waals surface area contributed by atoms with Gasteiger partial charge in [0.05, 0.1) is 17.5 Å². The van der Waals surface area contributed by atoms with E-state index in [4.69, 9.17) is 0 Å². The number of aliphatic carboxylic acids is 1. The first-order valence-corrected chi connectivity index (χ1v) is 9.67. The number of anilines is 1. The first kappa shape index (κ1) is 17.2. The van der Waals surface area contributed by atoms with Crippen molar-refractivity contribution in [3.63, 3.8) is 0 Å². The molecule has 28 heavy (non-hydrogen) atoms. The van der Waals surface area contributed by atoms with Crippen molar-refractivity contribution in [2.24, 2.45) is 23.7 Å². The summed E-state index contributed by atoms with van der Waals surface area (Å²) in [5.74, 6) is -1.86. The number of allylic oxidation sites excluding steroid dienone is 2. The number of rotatable bonds is 3. The van der Waals surface area contributed by atoms with E-state index in [9.17, 15) is 24.3 Å². The van der Waals surface area contributed by atoms with Gasteiger partial charge in [-0.05, 0) is 55.4 Å². The number of nitrogens with zero attached hydrogens (tertiary/aromatic N) is 2. The number of amides is 3. The highest BCUT2D eigenvalue weighted by atomic mass is 16.4. The SMILES string of the molecule is O=C(O)[C@@H]1CCCN1C(=O)c1ccc(N2C(=O)[C@@H]3[C@@H](C2=O)[C@H]2C=C[C@H]3C2)cc1. The summed E-state index contributed by atoms with van der Waals surface area (Å²) in [5, 5.41) is 9.27. The van der Waals surface area contributed by atoms with Crippen LogP contribution in [0.3, 0.4) is 0 Å². The van der Waals surface area contributed by atoms with Crippen molar-refractivity contribution in [3.05, 3.63) is 42.0 Å². The van der Waals surface area contributed by atoms with Gasteiger partial charge in [-0.2, -0.15) is 0 Å². The summed E-state index contributed by atoms with van der Waals surface area (Å²) in [6.07, 6.45) is 6.11. The standard InChI is InChI=1S/C21H20N2O5/c24-18(22-9-1-2-15(22)21(27)28)11-5-7-14(8-6-11)23-19(25)16-12-3-4-13(10-12)17(16)20(23)26/h3-8,12-13,15-17H,1-2,9-10H2,(H,27,28)/t12-,13-,15-,16-,17-/m0/s1. The second-order valence-corrected chi connectivity index (χ2v) is 8.05. The number of carbonyl (C=O) groups excluding carboxylic acids is 3. The summed E-state index contributed by atoms with van der Waals surface area (Å²) in [7, 11) is 0. The molecule has 3 amide bonds. The highest BCUT2D eigenvalue weighted by molar-refractivity contribution is 6.22. The van der Waals surface area contributed by atoms with Crippen LogP contribution in [-0.2, 0) is 14.4 Å². The Kier molecular flexibility index (Phi) is 3.69. The molecular formula is C21H20N2O5. The number of hydrogen-bond donors (Lipinski definition) is 1. The number of hydrogen-bond acceptors (Lipinski definition) is 4. The molecular weight excluding hydrogens is 360 g/mol. The van der Waals surface area contributed by atoms with E-state index < -0.39 is 12.0 Å². The molecule has 1 aromatic rings. The van der Waals surface area contributed by atoms with E-state index in [-0.39, 0.29) is 41.4 Å². The van der Waals surface area contributed by atoms with Crippen LogP contribution < -0.4 is 4.90 Å². The van der Waals surface area contributed by atoms with Gasteiger partial charge in [-0.3, -0.25) is 19.3 Å². The zero-order valence-electron chi connectivity index (χ0n) is 15.2. The van der Waals surface area contributed by atoms with Crippen LogP contribution in [-0.4, -0.2) is 46.3 Å². The minimum Gasteiger partial charge on any atom is -0.480 e. The fourth-order valence-electron chi connectivity index (χ4n) is 5.34. The van der Waals surface area contributed by atoms with Gasteiger partial charge in [0, 0.05) is 12.1 Å². The largest absolute Gasteiger partial charge is 0.480 e. The molecule has 2 heterocycles. The molecule has 1 aromatic carbocycles. The molecule has 144 valence electrons. The van der Waals surface area contributed by atoms with Gasteiger partial charge >= 0.3 is 5.97 Å². The third-order valence-corrected chi connectivity index (χ3v) is 6.64. The Balaban J connectivity index is 1.37. The lowest BCUT2D eigenvalue weighted by atomic mass is 9.85. The van der Waals surface area contributed by atoms with Crippen molar-refractivity contribution in [1.82, 2.24) is 4.90 Å². The fraction of sp³-hybridized carbons (Fsp3) is 0.429. The molecule has 4 aliphatic rings. The first-order chi connectivity index (χ1) is 13.5. The van der Waals surface area contributed by atoms with E-state index in [0.29, 0.717) is 30.6 Å². The third kappa shape index (κ3) is 2.28. The van der Waals surface area contributed by atoms with Crippen LogP contribution in [0.1, 0.15) is 29.6 Å². The lowest BCUT2D eigenvalue weighted by Crippen LogP contribution is -2.40. The summed E-state index contributed by atoms with van der Waals surface area (Å²) in [5.41, 5.74) is 0.828. The Bertz CT molecular complexity index is 891. The van der Waals surface area contributed by atoms with E-state index in [1.807, 2.05) is 0 Å². The maximum absolute atomic E-state index is 12.9. The third-order valence-electron chi connectivity index (χ3n) is 6.64. The number of likely N-dealkylation sites (tertiary alicyclic amines) is 1. The molecule has 5 atom stereocenters. The van der Waals surface area contributed by atoms with Crippen LogP contribution >= 0.6 is 0 Å². The summed E-state index contributed by atoms with van der Waals surface area (Å²) in [4.78, 5) is 52.4. The molecule has 0 aromatic heterocycles. The van der Waals surface area contributed by atoms with Crippen LogP contribution in [0.4, 0.5) is 5.69 Å². The minimum atomic E-state index is -0.995. The van der Waals surface area contributed by atoms with E-state index >= 15 is 0 Å². The molecule has 2 saturated heterocycles. The minimum absolute atomic E-state index is 0.153. The number of carbonyl (C=O) groups is 4. The van der Waals surface area contributed by atoms with E-state index in [0.717, 1.165) is 6.42 Å². The normalized spacial score (nSPS) is 33.1. The molecule has 2 aliphatic heterocycles. The summed E-state index contributed by atoms with van der Waals surface area (Å²) >= 11 is 0. The van der Waals surface area contributed by atoms with Crippen LogP contribution in [0.2, 0.25) is 0 Å². The van der Waals surface area contributed by atoms with Crippen molar-refractivity contribution in [2.75, 3.05) is 11.4 Å². The molecule has 1 N–H and O–H groups in total. The number of benzene rings is 1.